The molecule has 0 spiro atoms. The van der Waals surface area contributed by atoms with Crippen LogP contribution in [0, 0.1) is 12.7 Å². The number of benzene rings is 1. The maximum atomic E-state index is 13.1. The second kappa shape index (κ2) is 6.00. The van der Waals surface area contributed by atoms with Crippen LogP contribution in [0.15, 0.2) is 18.2 Å². The Bertz CT molecular complexity index is 334. The molecule has 2 heteroatoms. The van der Waals surface area contributed by atoms with E-state index < -0.39 is 0 Å². The summed E-state index contributed by atoms with van der Waals surface area (Å²) in [5.41, 5.74) is 2.31. The molecule has 1 unspecified atom stereocenters. The lowest BCUT2D eigenvalue weighted by atomic mass is 9.93. The topological polar surface area (TPSA) is 12.0 Å². The SMILES string of the molecule is Cc1ccc(F)cc1C(C)CCNC(C)C. The van der Waals surface area contributed by atoms with Crippen LogP contribution in [0.3, 0.4) is 0 Å². The average Bonchev–Trinajstić information content (AvgIpc) is 2.21. The molecule has 1 aromatic carbocycles. The van der Waals surface area contributed by atoms with Gasteiger partial charge in [-0.05, 0) is 49.1 Å². The van der Waals surface area contributed by atoms with Gasteiger partial charge in [0.2, 0.25) is 0 Å². The highest BCUT2D eigenvalue weighted by molar-refractivity contribution is 5.29. The van der Waals surface area contributed by atoms with Gasteiger partial charge in [0.1, 0.15) is 5.82 Å². The van der Waals surface area contributed by atoms with E-state index >= 15 is 0 Å². The second-order valence-corrected chi connectivity index (χ2v) is 4.80. The predicted octanol–water partition coefficient (Wildman–Crippen LogP) is 3.63. The van der Waals surface area contributed by atoms with E-state index in [1.54, 1.807) is 6.07 Å². The van der Waals surface area contributed by atoms with Gasteiger partial charge >= 0.3 is 0 Å². The van der Waals surface area contributed by atoms with Crippen LogP contribution in [0.5, 0.6) is 0 Å². The summed E-state index contributed by atoms with van der Waals surface area (Å²) >= 11 is 0. The summed E-state index contributed by atoms with van der Waals surface area (Å²) in [6.07, 6.45) is 1.04. The highest BCUT2D eigenvalue weighted by atomic mass is 19.1. The summed E-state index contributed by atoms with van der Waals surface area (Å²) in [4.78, 5) is 0. The lowest BCUT2D eigenvalue weighted by Crippen LogP contribution is -2.24. The van der Waals surface area contributed by atoms with Crippen molar-refractivity contribution in [3.63, 3.8) is 0 Å². The van der Waals surface area contributed by atoms with Gasteiger partial charge in [-0.3, -0.25) is 0 Å². The van der Waals surface area contributed by atoms with Crippen molar-refractivity contribution in [2.24, 2.45) is 0 Å². The first-order valence-corrected chi connectivity index (χ1v) is 6.00. The fraction of sp³-hybridized carbons (Fsp3) is 0.571. The van der Waals surface area contributed by atoms with E-state index in [0.717, 1.165) is 18.5 Å². The Hall–Kier alpha value is -0.890. The zero-order chi connectivity index (χ0) is 12.1. The molecular formula is C14H22FN. The molecular weight excluding hydrogens is 201 g/mol. The molecule has 0 bridgehead atoms. The number of nitrogens with one attached hydrogen (secondary N) is 1. The average molecular weight is 223 g/mol. The molecule has 0 aromatic heterocycles. The number of hydrogen-bond acceptors (Lipinski definition) is 1. The summed E-state index contributed by atoms with van der Waals surface area (Å²) < 4.78 is 13.1. The van der Waals surface area contributed by atoms with Crippen LogP contribution < -0.4 is 5.32 Å². The van der Waals surface area contributed by atoms with Crippen molar-refractivity contribution < 1.29 is 4.39 Å². The zero-order valence-electron chi connectivity index (χ0n) is 10.7. The van der Waals surface area contributed by atoms with Gasteiger partial charge in [-0.15, -0.1) is 0 Å². The van der Waals surface area contributed by atoms with Gasteiger partial charge < -0.3 is 5.32 Å². The van der Waals surface area contributed by atoms with Crippen LogP contribution in [0.25, 0.3) is 0 Å². The molecule has 0 amide bonds. The van der Waals surface area contributed by atoms with Crippen molar-refractivity contribution in [2.45, 2.75) is 46.1 Å². The third kappa shape index (κ3) is 3.93. The predicted molar refractivity (Wildman–Crippen MR) is 67.3 cm³/mol. The molecule has 0 radical (unpaired) electrons. The normalized spacial score (nSPS) is 13.1. The Morgan fingerprint density at radius 2 is 1.94 bits per heavy atom. The monoisotopic (exact) mass is 223 g/mol. The molecule has 0 aliphatic heterocycles. The summed E-state index contributed by atoms with van der Waals surface area (Å²) in [5, 5.41) is 3.39. The van der Waals surface area contributed by atoms with Gasteiger partial charge in [-0.2, -0.15) is 0 Å². The minimum absolute atomic E-state index is 0.135. The van der Waals surface area contributed by atoms with E-state index in [0.29, 0.717) is 12.0 Å². The lowest BCUT2D eigenvalue weighted by Gasteiger charge is -2.16. The maximum Gasteiger partial charge on any atom is 0.123 e. The van der Waals surface area contributed by atoms with Crippen LogP contribution in [0.2, 0.25) is 0 Å². The number of rotatable bonds is 5. The fourth-order valence-corrected chi connectivity index (χ4v) is 1.89. The molecule has 90 valence electrons. The summed E-state index contributed by atoms with van der Waals surface area (Å²) in [7, 11) is 0. The third-order valence-corrected chi connectivity index (χ3v) is 2.90. The van der Waals surface area contributed by atoms with Crippen LogP contribution in [0.1, 0.15) is 44.2 Å². The largest absolute Gasteiger partial charge is 0.315 e. The first-order valence-electron chi connectivity index (χ1n) is 6.00. The molecule has 1 nitrogen and oxygen atoms in total. The van der Waals surface area contributed by atoms with Gasteiger partial charge in [0, 0.05) is 6.04 Å². The Kier molecular flexibility index (Phi) is 4.94. The molecule has 0 aliphatic rings. The van der Waals surface area contributed by atoms with E-state index in [2.05, 4.69) is 26.1 Å². The summed E-state index contributed by atoms with van der Waals surface area (Å²) in [6, 6.07) is 5.56. The standard InChI is InChI=1S/C14H22FN/c1-10(2)16-8-7-12(4)14-9-13(15)6-5-11(14)3/h5-6,9-10,12,16H,7-8H2,1-4H3. The fourth-order valence-electron chi connectivity index (χ4n) is 1.89. The summed E-state index contributed by atoms with van der Waals surface area (Å²) in [6.45, 7) is 9.45. The minimum Gasteiger partial charge on any atom is -0.315 e. The lowest BCUT2D eigenvalue weighted by molar-refractivity contribution is 0.538. The van der Waals surface area contributed by atoms with Gasteiger partial charge in [-0.25, -0.2) is 4.39 Å². The second-order valence-electron chi connectivity index (χ2n) is 4.80. The highest BCUT2D eigenvalue weighted by Crippen LogP contribution is 2.23. The highest BCUT2D eigenvalue weighted by Gasteiger charge is 2.09. The van der Waals surface area contributed by atoms with E-state index in [1.165, 1.54) is 11.6 Å². The number of aryl methyl sites for hydroxylation is 1. The Balaban J connectivity index is 2.58. The first kappa shape index (κ1) is 13.2. The zero-order valence-corrected chi connectivity index (χ0v) is 10.7. The number of hydrogen-bond donors (Lipinski definition) is 1. The van der Waals surface area contributed by atoms with Crippen molar-refractivity contribution in [1.29, 1.82) is 0 Å². The molecule has 16 heavy (non-hydrogen) atoms. The van der Waals surface area contributed by atoms with Gasteiger partial charge in [0.15, 0.2) is 0 Å². The van der Waals surface area contributed by atoms with E-state index in [-0.39, 0.29) is 5.82 Å². The quantitative estimate of drug-likeness (QED) is 0.804. The first-order chi connectivity index (χ1) is 7.50. The van der Waals surface area contributed by atoms with Crippen molar-refractivity contribution >= 4 is 0 Å². The molecule has 0 heterocycles. The Labute approximate surface area is 98.1 Å². The Morgan fingerprint density at radius 1 is 1.25 bits per heavy atom. The van der Waals surface area contributed by atoms with E-state index in [1.807, 2.05) is 13.0 Å². The van der Waals surface area contributed by atoms with Gasteiger partial charge in [0.25, 0.3) is 0 Å². The molecule has 0 saturated carbocycles. The van der Waals surface area contributed by atoms with Gasteiger partial charge in [0.05, 0.1) is 0 Å². The third-order valence-electron chi connectivity index (χ3n) is 2.90. The molecule has 1 aromatic rings. The van der Waals surface area contributed by atoms with Crippen LogP contribution in [-0.2, 0) is 0 Å². The van der Waals surface area contributed by atoms with Crippen molar-refractivity contribution in [2.75, 3.05) is 6.54 Å². The van der Waals surface area contributed by atoms with Gasteiger partial charge in [-0.1, -0.05) is 26.8 Å². The van der Waals surface area contributed by atoms with Crippen LogP contribution in [0.4, 0.5) is 4.39 Å². The smallest absolute Gasteiger partial charge is 0.123 e. The van der Waals surface area contributed by atoms with Crippen LogP contribution in [-0.4, -0.2) is 12.6 Å². The Morgan fingerprint density at radius 3 is 2.56 bits per heavy atom. The van der Waals surface area contributed by atoms with Crippen molar-refractivity contribution in [3.05, 3.63) is 35.1 Å². The molecule has 1 atom stereocenters. The van der Waals surface area contributed by atoms with E-state index in [9.17, 15) is 4.39 Å². The van der Waals surface area contributed by atoms with Crippen LogP contribution >= 0.6 is 0 Å². The summed E-state index contributed by atoms with van der Waals surface area (Å²) in [5.74, 6) is 0.270. The molecule has 1 N–H and O–H groups in total. The molecule has 0 aliphatic carbocycles. The minimum atomic E-state index is -0.135. The van der Waals surface area contributed by atoms with Crippen molar-refractivity contribution in [1.82, 2.24) is 5.32 Å². The molecule has 1 rings (SSSR count). The number of halogens is 1. The molecule has 0 saturated heterocycles. The van der Waals surface area contributed by atoms with Crippen molar-refractivity contribution in [3.8, 4) is 0 Å². The van der Waals surface area contributed by atoms with E-state index in [4.69, 9.17) is 0 Å². The maximum absolute atomic E-state index is 13.1. The molecule has 0 fully saturated rings.